The smallest absolute Gasteiger partial charge is 0.371 e. The number of hydrogen-bond donors (Lipinski definition) is 0. The summed E-state index contributed by atoms with van der Waals surface area (Å²) in [4.78, 5) is 9.31. The summed E-state index contributed by atoms with van der Waals surface area (Å²) in [5.41, 5.74) is -0.856. The molecule has 2 nitrogen and oxygen atoms in total. The van der Waals surface area contributed by atoms with Gasteiger partial charge in [0.1, 0.15) is 0 Å². The van der Waals surface area contributed by atoms with Gasteiger partial charge in [-0.05, 0) is 0 Å². The van der Waals surface area contributed by atoms with Crippen LogP contribution in [0.15, 0.2) is 0 Å². The highest BCUT2D eigenvalue weighted by Gasteiger charge is 1.83. The molecule has 0 fully saturated rings. The van der Waals surface area contributed by atoms with Crippen molar-refractivity contribution in [2.24, 2.45) is 0 Å². The molecule has 0 aliphatic heterocycles. The summed E-state index contributed by atoms with van der Waals surface area (Å²) >= 11 is 6.89. The maximum atomic E-state index is 9.31. The molecule has 0 heterocycles. The Morgan fingerprint density at radius 1 is 2.00 bits per heavy atom. The fourth-order valence-electron chi connectivity index (χ4n) is 0. The predicted octanol–water partition coefficient (Wildman–Crippen LogP) is 1.67. The third-order valence-electron chi connectivity index (χ3n) is 0.0607. The van der Waals surface area contributed by atoms with E-state index in [1.165, 1.54) is 0 Å². The average Bonchev–Trinajstić information content (AvgIpc) is 1.38. The zero-order valence-corrected chi connectivity index (χ0v) is 4.41. The summed E-state index contributed by atoms with van der Waals surface area (Å²) in [5, 5.41) is 0. The van der Waals surface area contributed by atoms with E-state index in [0.717, 1.165) is 0 Å². The second-order valence-corrected chi connectivity index (χ2v) is 0.947. The minimum absolute atomic E-state index is 0.856. The lowest BCUT2D eigenvalue weighted by Crippen LogP contribution is -1.72. The van der Waals surface area contributed by atoms with Crippen LogP contribution in [0.25, 0.3) is 0 Å². The second-order valence-electron chi connectivity index (χ2n) is 0.315. The van der Waals surface area contributed by atoms with Crippen molar-refractivity contribution in [1.29, 1.82) is 0 Å². The Bertz CT molecular complexity index is 44.9. The molecule has 0 aromatic heterocycles. The van der Waals surface area contributed by atoms with E-state index < -0.39 is 5.43 Å². The van der Waals surface area contributed by atoms with Crippen LogP contribution < -0.4 is 0 Å². The Kier molecular flexibility index (Phi) is 2.59. The standard InChI is InChI=1S/CBrClO2/c2-5-1(3)4. The molecule has 0 amide bonds. The Hall–Kier alpha value is 0.240. The van der Waals surface area contributed by atoms with Gasteiger partial charge >= 0.3 is 5.43 Å². The summed E-state index contributed by atoms with van der Waals surface area (Å²) in [5.74, 6) is 0. The first-order valence-corrected chi connectivity index (χ1v) is 1.78. The van der Waals surface area contributed by atoms with Gasteiger partial charge in [0.05, 0.1) is 0 Å². The molecule has 0 saturated heterocycles. The number of hydrogen-bond acceptors (Lipinski definition) is 2. The molecule has 0 aliphatic carbocycles. The molecule has 0 bridgehead atoms. The van der Waals surface area contributed by atoms with Crippen LogP contribution >= 0.6 is 27.9 Å². The zero-order valence-electron chi connectivity index (χ0n) is 2.07. The molecule has 0 saturated carbocycles. The maximum absolute atomic E-state index is 9.31. The Morgan fingerprint density at radius 3 is 2.20 bits per heavy atom. The van der Waals surface area contributed by atoms with E-state index in [2.05, 4.69) is 31.7 Å². The van der Waals surface area contributed by atoms with Crippen molar-refractivity contribution >= 4 is 33.3 Å². The van der Waals surface area contributed by atoms with E-state index in [1.807, 2.05) is 0 Å². The largest absolute Gasteiger partial charge is 0.415 e. The third-order valence-corrected chi connectivity index (χ3v) is 0.618. The monoisotopic (exact) mass is 158 g/mol. The molecule has 5 heavy (non-hydrogen) atoms. The van der Waals surface area contributed by atoms with E-state index in [4.69, 9.17) is 0 Å². The molecule has 0 aliphatic rings. The van der Waals surface area contributed by atoms with Gasteiger partial charge in [-0.15, -0.1) is 0 Å². The summed E-state index contributed by atoms with van der Waals surface area (Å²) in [6, 6.07) is 0. The molecule has 0 aromatic carbocycles. The van der Waals surface area contributed by atoms with Gasteiger partial charge in [-0.3, -0.25) is 0 Å². The molecule has 0 atom stereocenters. The van der Waals surface area contributed by atoms with Gasteiger partial charge in [0.25, 0.3) is 0 Å². The van der Waals surface area contributed by atoms with E-state index >= 15 is 0 Å². The minimum Gasteiger partial charge on any atom is -0.371 e. The first-order chi connectivity index (χ1) is 2.27. The van der Waals surface area contributed by atoms with Crippen molar-refractivity contribution < 1.29 is 8.62 Å². The van der Waals surface area contributed by atoms with E-state index in [9.17, 15) is 4.79 Å². The zero-order chi connectivity index (χ0) is 4.28. The van der Waals surface area contributed by atoms with Gasteiger partial charge < -0.3 is 3.83 Å². The Morgan fingerprint density at radius 2 is 2.20 bits per heavy atom. The topological polar surface area (TPSA) is 26.3 Å². The predicted molar refractivity (Wildman–Crippen MR) is 21.3 cm³/mol. The molecule has 30 valence electrons. The van der Waals surface area contributed by atoms with Gasteiger partial charge in [-0.2, -0.15) is 0 Å². The molecule has 0 unspecified atom stereocenters. The van der Waals surface area contributed by atoms with Crippen molar-refractivity contribution in [2.45, 2.75) is 0 Å². The summed E-state index contributed by atoms with van der Waals surface area (Å²) < 4.78 is 3.69. The average molecular weight is 159 g/mol. The number of halogens is 2. The van der Waals surface area contributed by atoms with Crippen molar-refractivity contribution in [2.75, 3.05) is 0 Å². The maximum Gasteiger partial charge on any atom is 0.415 e. The van der Waals surface area contributed by atoms with Crippen LogP contribution in [-0.2, 0) is 3.83 Å². The van der Waals surface area contributed by atoms with Crippen LogP contribution in [-0.4, -0.2) is 5.43 Å². The van der Waals surface area contributed by atoms with E-state index in [0.29, 0.717) is 0 Å². The van der Waals surface area contributed by atoms with E-state index in [1.54, 1.807) is 0 Å². The van der Waals surface area contributed by atoms with Crippen LogP contribution in [0, 0.1) is 0 Å². The summed E-state index contributed by atoms with van der Waals surface area (Å²) in [6.07, 6.45) is 0. The number of rotatable bonds is 0. The fraction of sp³-hybridized carbons (Fsp3) is 0. The Labute approximate surface area is 42.5 Å². The first-order valence-electron chi connectivity index (χ1n) is 0.752. The SMILES string of the molecule is O=C(Cl)OBr. The molecular weight excluding hydrogens is 159 g/mol. The molecule has 0 rings (SSSR count). The van der Waals surface area contributed by atoms with Crippen LogP contribution in [0.2, 0.25) is 0 Å². The first kappa shape index (κ1) is 5.24. The molecule has 0 N–H and O–H groups in total. The van der Waals surface area contributed by atoms with Gasteiger partial charge in [0.15, 0.2) is 16.3 Å². The van der Waals surface area contributed by atoms with Crippen molar-refractivity contribution in [3.8, 4) is 0 Å². The van der Waals surface area contributed by atoms with Crippen molar-refractivity contribution in [3.05, 3.63) is 0 Å². The van der Waals surface area contributed by atoms with Gasteiger partial charge in [-0.1, -0.05) is 0 Å². The van der Waals surface area contributed by atoms with Gasteiger partial charge in [0.2, 0.25) is 0 Å². The second kappa shape index (κ2) is 2.48. The molecule has 0 spiro atoms. The molecular formula is CBrClO2. The van der Waals surface area contributed by atoms with Crippen molar-refractivity contribution in [1.82, 2.24) is 0 Å². The highest BCUT2D eigenvalue weighted by atomic mass is 79.9. The highest BCUT2D eigenvalue weighted by Crippen LogP contribution is 1.90. The summed E-state index contributed by atoms with van der Waals surface area (Å²) in [6.45, 7) is 0. The molecule has 0 radical (unpaired) electrons. The lowest BCUT2D eigenvalue weighted by molar-refractivity contribution is 0.235. The fourth-order valence-corrected chi connectivity index (χ4v) is 0. The van der Waals surface area contributed by atoms with Crippen LogP contribution in [0.5, 0.6) is 0 Å². The Balaban J connectivity index is 2.85. The third kappa shape index (κ3) is 4.24. The normalized spacial score (nSPS) is 6.80. The quantitative estimate of drug-likeness (QED) is 0.503. The number of carbonyl (C=O) groups excluding carboxylic acids is 1. The van der Waals surface area contributed by atoms with Crippen LogP contribution in [0.3, 0.4) is 0 Å². The van der Waals surface area contributed by atoms with Crippen LogP contribution in [0.4, 0.5) is 4.79 Å². The summed E-state index contributed by atoms with van der Waals surface area (Å²) in [7, 11) is 0. The van der Waals surface area contributed by atoms with E-state index in [-0.39, 0.29) is 0 Å². The lowest BCUT2D eigenvalue weighted by Gasteiger charge is -1.72. The van der Waals surface area contributed by atoms with Crippen molar-refractivity contribution in [3.63, 3.8) is 0 Å². The minimum atomic E-state index is -0.856. The molecule has 4 heteroatoms. The van der Waals surface area contributed by atoms with Gasteiger partial charge in [0, 0.05) is 11.6 Å². The van der Waals surface area contributed by atoms with Gasteiger partial charge in [-0.25, -0.2) is 4.79 Å². The number of carbonyl (C=O) groups is 1. The lowest BCUT2D eigenvalue weighted by atomic mass is 11.6. The highest BCUT2D eigenvalue weighted by molar-refractivity contribution is 9.06. The van der Waals surface area contributed by atoms with Crippen LogP contribution in [0.1, 0.15) is 0 Å². The molecule has 0 aromatic rings.